The first-order valence-electron chi connectivity index (χ1n) is 5.47. The van der Waals surface area contributed by atoms with E-state index >= 15 is 0 Å². The molecule has 1 amide bonds. The van der Waals surface area contributed by atoms with Gasteiger partial charge in [0.2, 0.25) is 5.91 Å². The standard InChI is InChI=1S/C10H16N4O2/c15-10(13-9-6-12-16-8-9)7-14-4-1-2-11-3-5-14/h6,8,11H,1-5,7H2,(H,13,15). The summed E-state index contributed by atoms with van der Waals surface area (Å²) in [6.07, 6.45) is 3.99. The number of anilines is 1. The topological polar surface area (TPSA) is 70.4 Å². The lowest BCUT2D eigenvalue weighted by Gasteiger charge is -2.18. The van der Waals surface area contributed by atoms with Crippen LogP contribution in [0.1, 0.15) is 6.42 Å². The smallest absolute Gasteiger partial charge is 0.238 e. The van der Waals surface area contributed by atoms with Gasteiger partial charge in [0.15, 0.2) is 0 Å². The Kier molecular flexibility index (Phi) is 3.90. The third kappa shape index (κ3) is 3.32. The lowest BCUT2D eigenvalue weighted by molar-refractivity contribution is -0.117. The number of nitrogens with zero attached hydrogens (tertiary/aromatic N) is 2. The van der Waals surface area contributed by atoms with Crippen molar-refractivity contribution in [2.24, 2.45) is 0 Å². The molecule has 2 rings (SSSR count). The molecule has 0 bridgehead atoms. The molecule has 2 N–H and O–H groups in total. The van der Waals surface area contributed by atoms with Gasteiger partial charge in [0.25, 0.3) is 0 Å². The Bertz CT molecular complexity index is 318. The van der Waals surface area contributed by atoms with Gasteiger partial charge in [-0.05, 0) is 19.5 Å². The number of hydrogen-bond donors (Lipinski definition) is 2. The Morgan fingerprint density at radius 2 is 2.50 bits per heavy atom. The molecule has 1 aliphatic heterocycles. The summed E-state index contributed by atoms with van der Waals surface area (Å²) in [5.41, 5.74) is 0.609. The zero-order chi connectivity index (χ0) is 11.2. The number of carbonyl (C=O) groups excluding carboxylic acids is 1. The molecular weight excluding hydrogens is 208 g/mol. The zero-order valence-electron chi connectivity index (χ0n) is 9.11. The van der Waals surface area contributed by atoms with Crippen molar-refractivity contribution in [3.63, 3.8) is 0 Å². The highest BCUT2D eigenvalue weighted by molar-refractivity contribution is 5.91. The number of rotatable bonds is 3. The number of hydrogen-bond acceptors (Lipinski definition) is 5. The predicted molar refractivity (Wildman–Crippen MR) is 59.1 cm³/mol. The quantitative estimate of drug-likeness (QED) is 0.750. The van der Waals surface area contributed by atoms with E-state index in [1.807, 2.05) is 0 Å². The fourth-order valence-electron chi connectivity index (χ4n) is 1.73. The van der Waals surface area contributed by atoms with Crippen LogP contribution in [0, 0.1) is 0 Å². The predicted octanol–water partition coefficient (Wildman–Crippen LogP) is -0.0916. The molecular formula is C10H16N4O2. The monoisotopic (exact) mass is 224 g/mol. The first kappa shape index (κ1) is 11.1. The van der Waals surface area contributed by atoms with Gasteiger partial charge in [-0.1, -0.05) is 5.16 Å². The van der Waals surface area contributed by atoms with Crippen LogP contribution in [-0.4, -0.2) is 48.7 Å². The maximum absolute atomic E-state index is 11.6. The molecule has 1 saturated heterocycles. The van der Waals surface area contributed by atoms with E-state index < -0.39 is 0 Å². The molecule has 1 fully saturated rings. The molecule has 16 heavy (non-hydrogen) atoms. The Morgan fingerprint density at radius 1 is 1.56 bits per heavy atom. The lowest BCUT2D eigenvalue weighted by Crippen LogP contribution is -2.35. The fourth-order valence-corrected chi connectivity index (χ4v) is 1.73. The number of aromatic nitrogens is 1. The van der Waals surface area contributed by atoms with E-state index in [2.05, 4.69) is 25.2 Å². The number of nitrogens with one attached hydrogen (secondary N) is 2. The highest BCUT2D eigenvalue weighted by Crippen LogP contribution is 2.03. The van der Waals surface area contributed by atoms with Crippen LogP contribution in [-0.2, 0) is 4.79 Å². The lowest BCUT2D eigenvalue weighted by atomic mass is 10.4. The van der Waals surface area contributed by atoms with Crippen molar-refractivity contribution in [1.29, 1.82) is 0 Å². The Morgan fingerprint density at radius 3 is 3.31 bits per heavy atom. The van der Waals surface area contributed by atoms with E-state index in [0.717, 1.165) is 32.6 Å². The molecule has 1 aromatic heterocycles. The van der Waals surface area contributed by atoms with Gasteiger partial charge >= 0.3 is 0 Å². The summed E-state index contributed by atoms with van der Waals surface area (Å²) in [6, 6.07) is 0. The van der Waals surface area contributed by atoms with Crippen LogP contribution in [0.15, 0.2) is 17.0 Å². The first-order chi connectivity index (χ1) is 7.84. The minimum absolute atomic E-state index is 0.0231. The van der Waals surface area contributed by atoms with Gasteiger partial charge in [-0.25, -0.2) is 0 Å². The Labute approximate surface area is 94.0 Å². The maximum Gasteiger partial charge on any atom is 0.238 e. The van der Waals surface area contributed by atoms with Crippen LogP contribution >= 0.6 is 0 Å². The summed E-state index contributed by atoms with van der Waals surface area (Å²) in [4.78, 5) is 13.8. The molecule has 0 spiro atoms. The van der Waals surface area contributed by atoms with E-state index in [-0.39, 0.29) is 5.91 Å². The van der Waals surface area contributed by atoms with Crippen LogP contribution in [0.25, 0.3) is 0 Å². The average Bonchev–Trinajstić information content (AvgIpc) is 2.62. The molecule has 0 saturated carbocycles. The molecule has 6 nitrogen and oxygen atoms in total. The molecule has 0 unspecified atom stereocenters. The summed E-state index contributed by atoms with van der Waals surface area (Å²) in [5.74, 6) is -0.0231. The van der Waals surface area contributed by atoms with Crippen molar-refractivity contribution in [2.75, 3.05) is 38.0 Å². The molecule has 1 aromatic rings. The van der Waals surface area contributed by atoms with Crippen molar-refractivity contribution < 1.29 is 9.32 Å². The third-order valence-electron chi connectivity index (χ3n) is 2.52. The second kappa shape index (κ2) is 5.62. The fraction of sp³-hybridized carbons (Fsp3) is 0.600. The normalized spacial score (nSPS) is 18.0. The van der Waals surface area contributed by atoms with E-state index in [9.17, 15) is 4.79 Å². The van der Waals surface area contributed by atoms with Crippen molar-refractivity contribution >= 4 is 11.6 Å². The highest BCUT2D eigenvalue weighted by atomic mass is 16.5. The minimum Gasteiger partial charge on any atom is -0.363 e. The number of carbonyl (C=O) groups is 1. The molecule has 1 aliphatic rings. The average molecular weight is 224 g/mol. The van der Waals surface area contributed by atoms with Crippen molar-refractivity contribution in [2.45, 2.75) is 6.42 Å². The van der Waals surface area contributed by atoms with E-state index in [1.54, 1.807) is 0 Å². The van der Waals surface area contributed by atoms with Gasteiger partial charge in [0.1, 0.15) is 12.0 Å². The zero-order valence-corrected chi connectivity index (χ0v) is 9.11. The van der Waals surface area contributed by atoms with Gasteiger partial charge < -0.3 is 15.2 Å². The van der Waals surface area contributed by atoms with Crippen LogP contribution in [0.2, 0.25) is 0 Å². The van der Waals surface area contributed by atoms with Crippen LogP contribution in [0.5, 0.6) is 0 Å². The van der Waals surface area contributed by atoms with Crippen LogP contribution < -0.4 is 10.6 Å². The van der Waals surface area contributed by atoms with E-state index in [0.29, 0.717) is 12.2 Å². The van der Waals surface area contributed by atoms with Gasteiger partial charge in [-0.15, -0.1) is 0 Å². The van der Waals surface area contributed by atoms with Gasteiger partial charge in [0.05, 0.1) is 12.7 Å². The van der Waals surface area contributed by atoms with Gasteiger partial charge in [-0.2, -0.15) is 0 Å². The van der Waals surface area contributed by atoms with Gasteiger partial charge in [0, 0.05) is 13.1 Å². The summed E-state index contributed by atoms with van der Waals surface area (Å²) >= 11 is 0. The highest BCUT2D eigenvalue weighted by Gasteiger charge is 2.12. The van der Waals surface area contributed by atoms with Crippen molar-refractivity contribution in [1.82, 2.24) is 15.4 Å². The Hall–Kier alpha value is -1.40. The van der Waals surface area contributed by atoms with Gasteiger partial charge in [-0.3, -0.25) is 9.69 Å². The second-order valence-electron chi connectivity index (χ2n) is 3.84. The summed E-state index contributed by atoms with van der Waals surface area (Å²) in [5, 5.41) is 9.55. The molecule has 6 heteroatoms. The molecule has 0 radical (unpaired) electrons. The third-order valence-corrected chi connectivity index (χ3v) is 2.52. The largest absolute Gasteiger partial charge is 0.363 e. The Balaban J connectivity index is 1.77. The summed E-state index contributed by atoms with van der Waals surface area (Å²) in [6.45, 7) is 4.28. The molecule has 2 heterocycles. The molecule has 0 aromatic carbocycles. The summed E-state index contributed by atoms with van der Waals surface area (Å²) < 4.78 is 4.64. The van der Waals surface area contributed by atoms with Crippen LogP contribution in [0.3, 0.4) is 0 Å². The second-order valence-corrected chi connectivity index (χ2v) is 3.84. The molecule has 0 atom stereocenters. The van der Waals surface area contributed by atoms with Crippen molar-refractivity contribution in [3.05, 3.63) is 12.5 Å². The SMILES string of the molecule is O=C(CN1CCCNCC1)Nc1cnoc1. The first-order valence-corrected chi connectivity index (χ1v) is 5.47. The van der Waals surface area contributed by atoms with Crippen LogP contribution in [0.4, 0.5) is 5.69 Å². The summed E-state index contributed by atoms with van der Waals surface area (Å²) in [7, 11) is 0. The molecule has 0 aliphatic carbocycles. The maximum atomic E-state index is 11.6. The minimum atomic E-state index is -0.0231. The van der Waals surface area contributed by atoms with E-state index in [4.69, 9.17) is 0 Å². The number of amides is 1. The molecule has 88 valence electrons. The van der Waals surface area contributed by atoms with Crippen molar-refractivity contribution in [3.8, 4) is 0 Å². The van der Waals surface area contributed by atoms with E-state index in [1.165, 1.54) is 12.5 Å².